The third kappa shape index (κ3) is 2.16. The van der Waals surface area contributed by atoms with Gasteiger partial charge in [-0.3, -0.25) is 0 Å². The molecule has 0 saturated heterocycles. The van der Waals surface area contributed by atoms with E-state index in [1.54, 1.807) is 31.0 Å². The molecule has 0 spiro atoms. The summed E-state index contributed by atoms with van der Waals surface area (Å²) in [4.78, 5) is 11.5. The first-order valence-corrected chi connectivity index (χ1v) is 6.97. The van der Waals surface area contributed by atoms with Crippen LogP contribution in [0.3, 0.4) is 0 Å². The number of H-pyrrole nitrogens is 1. The lowest BCUT2D eigenvalue weighted by atomic mass is 9.98. The molecule has 0 aliphatic heterocycles. The van der Waals surface area contributed by atoms with Crippen molar-refractivity contribution < 1.29 is 4.39 Å². The Kier molecular flexibility index (Phi) is 2.96. The van der Waals surface area contributed by atoms with E-state index in [1.165, 1.54) is 12.1 Å². The van der Waals surface area contributed by atoms with Crippen LogP contribution in [0.15, 0.2) is 67.5 Å². The zero-order chi connectivity index (χ0) is 14.9. The van der Waals surface area contributed by atoms with E-state index >= 15 is 0 Å². The average Bonchev–Trinajstić information content (AvgIpc) is 3.20. The maximum Gasteiger partial charge on any atom is 0.123 e. The molecule has 4 nitrogen and oxygen atoms in total. The molecule has 0 amide bonds. The highest BCUT2D eigenvalue weighted by Crippen LogP contribution is 2.28. The van der Waals surface area contributed by atoms with Crippen molar-refractivity contribution in [3.05, 3.63) is 84.5 Å². The van der Waals surface area contributed by atoms with Gasteiger partial charge in [-0.1, -0.05) is 18.2 Å². The Morgan fingerprint density at radius 3 is 2.64 bits per heavy atom. The molecule has 2 aromatic carbocycles. The van der Waals surface area contributed by atoms with Crippen LogP contribution >= 0.6 is 0 Å². The second kappa shape index (κ2) is 5.11. The van der Waals surface area contributed by atoms with Crippen LogP contribution in [-0.4, -0.2) is 19.5 Å². The number of hydrogen-bond acceptors (Lipinski definition) is 2. The van der Waals surface area contributed by atoms with Crippen molar-refractivity contribution in [3.8, 4) is 0 Å². The van der Waals surface area contributed by atoms with Crippen molar-refractivity contribution >= 4 is 11.0 Å². The molecule has 0 saturated carbocycles. The minimum Gasteiger partial charge on any atom is -0.345 e. The number of imidazole rings is 2. The molecule has 4 rings (SSSR count). The summed E-state index contributed by atoms with van der Waals surface area (Å²) in [7, 11) is 0. The minimum atomic E-state index is -0.239. The molecule has 22 heavy (non-hydrogen) atoms. The molecule has 0 fully saturated rings. The zero-order valence-electron chi connectivity index (χ0n) is 11.6. The molecular weight excluding hydrogens is 279 g/mol. The lowest BCUT2D eigenvalue weighted by Crippen LogP contribution is -2.10. The maximum atomic E-state index is 13.2. The molecule has 0 aliphatic carbocycles. The first-order valence-electron chi connectivity index (χ1n) is 6.97. The van der Waals surface area contributed by atoms with E-state index in [0.717, 1.165) is 22.2 Å². The largest absolute Gasteiger partial charge is 0.345 e. The quantitative estimate of drug-likeness (QED) is 0.628. The summed E-state index contributed by atoms with van der Waals surface area (Å²) in [5.74, 6) is -0.239. The van der Waals surface area contributed by atoms with E-state index in [1.807, 2.05) is 22.9 Å². The lowest BCUT2D eigenvalue weighted by molar-refractivity contribution is 0.622. The summed E-state index contributed by atoms with van der Waals surface area (Å²) in [5, 5.41) is 0. The smallest absolute Gasteiger partial charge is 0.123 e. The Morgan fingerprint density at radius 2 is 1.86 bits per heavy atom. The van der Waals surface area contributed by atoms with E-state index in [9.17, 15) is 4.39 Å². The molecule has 108 valence electrons. The molecule has 0 radical (unpaired) electrons. The molecule has 2 heterocycles. The maximum absolute atomic E-state index is 13.2. The number of nitrogens with zero attached hydrogens (tertiary/aromatic N) is 3. The second-order valence-corrected chi connectivity index (χ2v) is 5.14. The standard InChI is InChI=1S/C17H13FN4/c18-14-4-1-12(2-5-14)17(22-8-7-19-11-22)13-3-6-15-16(9-13)21-10-20-15/h1-11,17H,(H,20,21). The van der Waals surface area contributed by atoms with Crippen LogP contribution in [0.25, 0.3) is 11.0 Å². The SMILES string of the molecule is Fc1ccc(C(c2ccc3nc[nH]c3c2)n2ccnc2)cc1. The fourth-order valence-corrected chi connectivity index (χ4v) is 2.73. The summed E-state index contributed by atoms with van der Waals surface area (Å²) in [6.07, 6.45) is 7.10. The summed E-state index contributed by atoms with van der Waals surface area (Å²) < 4.78 is 15.2. The number of hydrogen-bond donors (Lipinski definition) is 1. The predicted octanol–water partition coefficient (Wildman–Crippen LogP) is 3.54. The molecule has 1 unspecified atom stereocenters. The van der Waals surface area contributed by atoms with Gasteiger partial charge < -0.3 is 9.55 Å². The van der Waals surface area contributed by atoms with E-state index < -0.39 is 0 Å². The molecule has 1 atom stereocenters. The van der Waals surface area contributed by atoms with Crippen LogP contribution in [0.1, 0.15) is 17.2 Å². The number of aromatic amines is 1. The first-order chi connectivity index (χ1) is 10.8. The molecule has 2 aromatic heterocycles. The van der Waals surface area contributed by atoms with Gasteiger partial charge >= 0.3 is 0 Å². The molecular formula is C17H13FN4. The monoisotopic (exact) mass is 292 g/mol. The molecule has 4 aromatic rings. The van der Waals surface area contributed by atoms with Crippen molar-refractivity contribution in [2.45, 2.75) is 6.04 Å². The van der Waals surface area contributed by atoms with Crippen molar-refractivity contribution in [3.63, 3.8) is 0 Å². The fraction of sp³-hybridized carbons (Fsp3) is 0.0588. The van der Waals surface area contributed by atoms with Gasteiger partial charge in [0, 0.05) is 12.4 Å². The van der Waals surface area contributed by atoms with Gasteiger partial charge in [0.25, 0.3) is 0 Å². The minimum absolute atomic E-state index is 0.0594. The Labute approximate surface area is 126 Å². The van der Waals surface area contributed by atoms with Gasteiger partial charge in [0.15, 0.2) is 0 Å². The number of benzene rings is 2. The molecule has 0 bridgehead atoms. The van der Waals surface area contributed by atoms with E-state index in [0.29, 0.717) is 0 Å². The van der Waals surface area contributed by atoms with Crippen molar-refractivity contribution in [1.29, 1.82) is 0 Å². The third-order valence-electron chi connectivity index (χ3n) is 3.77. The van der Waals surface area contributed by atoms with Crippen LogP contribution in [0.2, 0.25) is 0 Å². The third-order valence-corrected chi connectivity index (χ3v) is 3.77. The number of fused-ring (bicyclic) bond motifs is 1. The fourth-order valence-electron chi connectivity index (χ4n) is 2.73. The van der Waals surface area contributed by atoms with Crippen LogP contribution in [0.4, 0.5) is 4.39 Å². The first kappa shape index (κ1) is 12.8. The topological polar surface area (TPSA) is 46.5 Å². The van der Waals surface area contributed by atoms with Gasteiger partial charge in [-0.15, -0.1) is 0 Å². The predicted molar refractivity (Wildman–Crippen MR) is 82.0 cm³/mol. The molecule has 5 heteroatoms. The number of aromatic nitrogens is 4. The second-order valence-electron chi connectivity index (χ2n) is 5.14. The summed E-state index contributed by atoms with van der Waals surface area (Å²) >= 11 is 0. The highest BCUT2D eigenvalue weighted by molar-refractivity contribution is 5.75. The Bertz CT molecular complexity index is 894. The van der Waals surface area contributed by atoms with Gasteiger partial charge in [-0.05, 0) is 35.4 Å². The highest BCUT2D eigenvalue weighted by Gasteiger charge is 2.16. The summed E-state index contributed by atoms with van der Waals surface area (Å²) in [6, 6.07) is 12.6. The number of halogens is 1. The Morgan fingerprint density at radius 1 is 1.05 bits per heavy atom. The number of rotatable bonds is 3. The van der Waals surface area contributed by atoms with E-state index in [2.05, 4.69) is 21.0 Å². The van der Waals surface area contributed by atoms with Crippen LogP contribution < -0.4 is 0 Å². The highest BCUT2D eigenvalue weighted by atomic mass is 19.1. The van der Waals surface area contributed by atoms with Crippen molar-refractivity contribution in [2.24, 2.45) is 0 Å². The van der Waals surface area contributed by atoms with Crippen LogP contribution in [0, 0.1) is 5.82 Å². The van der Waals surface area contributed by atoms with Gasteiger partial charge in [0.1, 0.15) is 5.82 Å². The van der Waals surface area contributed by atoms with E-state index in [-0.39, 0.29) is 11.9 Å². The van der Waals surface area contributed by atoms with Gasteiger partial charge in [-0.2, -0.15) is 0 Å². The number of nitrogens with one attached hydrogen (secondary N) is 1. The molecule has 0 aliphatic rings. The van der Waals surface area contributed by atoms with Gasteiger partial charge in [0.05, 0.1) is 29.7 Å². The normalized spacial score (nSPS) is 12.6. The average molecular weight is 292 g/mol. The summed E-state index contributed by atoms with van der Waals surface area (Å²) in [6.45, 7) is 0. The van der Waals surface area contributed by atoms with Crippen molar-refractivity contribution in [2.75, 3.05) is 0 Å². The van der Waals surface area contributed by atoms with Gasteiger partial charge in [-0.25, -0.2) is 14.4 Å². The summed E-state index contributed by atoms with van der Waals surface area (Å²) in [5.41, 5.74) is 3.98. The zero-order valence-corrected chi connectivity index (χ0v) is 11.6. The van der Waals surface area contributed by atoms with Crippen LogP contribution in [-0.2, 0) is 0 Å². The lowest BCUT2D eigenvalue weighted by Gasteiger charge is -2.19. The van der Waals surface area contributed by atoms with E-state index in [4.69, 9.17) is 0 Å². The Hall–Kier alpha value is -2.95. The van der Waals surface area contributed by atoms with Gasteiger partial charge in [0.2, 0.25) is 0 Å². The van der Waals surface area contributed by atoms with Crippen molar-refractivity contribution in [1.82, 2.24) is 19.5 Å². The van der Waals surface area contributed by atoms with Crippen LogP contribution in [0.5, 0.6) is 0 Å². The Balaban J connectivity index is 1.87. The molecule has 1 N–H and O–H groups in total.